The van der Waals surface area contributed by atoms with E-state index in [-0.39, 0.29) is 36.1 Å². The van der Waals surface area contributed by atoms with Crippen LogP contribution in [0.15, 0.2) is 48.5 Å². The summed E-state index contributed by atoms with van der Waals surface area (Å²) in [5.41, 5.74) is 2.66. The molecule has 5 rings (SSSR count). The third-order valence-electron chi connectivity index (χ3n) is 6.55. The molecule has 0 radical (unpaired) electrons. The fraction of sp³-hybridized carbons (Fsp3) is 0.360. The van der Waals surface area contributed by atoms with Crippen molar-refractivity contribution in [2.75, 3.05) is 11.4 Å². The van der Waals surface area contributed by atoms with Crippen molar-refractivity contribution in [3.8, 4) is 0 Å². The van der Waals surface area contributed by atoms with E-state index in [1.807, 2.05) is 48.5 Å². The molecule has 3 amide bonds. The number of anilines is 2. The number of aryl methyl sites for hydroxylation is 1. The first-order valence-corrected chi connectivity index (χ1v) is 12.0. The molecule has 1 saturated carbocycles. The fourth-order valence-corrected chi connectivity index (χ4v) is 5.79. The van der Waals surface area contributed by atoms with Crippen LogP contribution in [-0.2, 0) is 20.8 Å². The molecule has 0 N–H and O–H groups in total. The van der Waals surface area contributed by atoms with Crippen molar-refractivity contribution in [1.29, 1.82) is 0 Å². The number of nitrogens with zero attached hydrogens (tertiary/aromatic N) is 3. The number of hydrogen-bond donors (Lipinski definition) is 0. The highest BCUT2D eigenvalue weighted by molar-refractivity contribution is 7.22. The maximum Gasteiger partial charge on any atom is 0.253 e. The number of para-hydroxylation sites is 1. The van der Waals surface area contributed by atoms with Crippen LogP contribution in [0.3, 0.4) is 0 Å². The van der Waals surface area contributed by atoms with Crippen LogP contribution in [0.2, 0.25) is 0 Å². The molecule has 2 aromatic carbocycles. The second kappa shape index (κ2) is 8.47. The highest BCUT2D eigenvalue weighted by atomic mass is 32.1. The molecule has 1 aliphatic carbocycles. The summed E-state index contributed by atoms with van der Waals surface area (Å²) in [6.45, 7) is 1.83. The van der Waals surface area contributed by atoms with E-state index >= 15 is 0 Å². The van der Waals surface area contributed by atoms with Gasteiger partial charge < -0.3 is 0 Å². The third-order valence-corrected chi connectivity index (χ3v) is 7.57. The summed E-state index contributed by atoms with van der Waals surface area (Å²) < 4.78 is 0.977. The molecule has 0 spiro atoms. The van der Waals surface area contributed by atoms with Crippen LogP contribution in [0.4, 0.5) is 10.8 Å². The van der Waals surface area contributed by atoms with Crippen molar-refractivity contribution in [1.82, 2.24) is 9.88 Å². The van der Waals surface area contributed by atoms with Gasteiger partial charge in [0.15, 0.2) is 5.13 Å². The van der Waals surface area contributed by atoms with Gasteiger partial charge in [-0.2, -0.15) is 0 Å². The number of thiazole rings is 1. The molecule has 164 valence electrons. The van der Waals surface area contributed by atoms with Crippen LogP contribution in [0, 0.1) is 11.8 Å². The minimum absolute atomic E-state index is 0.196. The molecule has 1 saturated heterocycles. The van der Waals surface area contributed by atoms with Gasteiger partial charge in [-0.15, -0.1) is 0 Å². The van der Waals surface area contributed by atoms with Crippen LogP contribution < -0.4 is 4.90 Å². The Morgan fingerprint density at radius 1 is 1.03 bits per heavy atom. The predicted molar refractivity (Wildman–Crippen MR) is 125 cm³/mol. The van der Waals surface area contributed by atoms with Gasteiger partial charge in [-0.1, -0.05) is 55.4 Å². The Balaban J connectivity index is 1.49. The fourth-order valence-electron chi connectivity index (χ4n) is 4.79. The monoisotopic (exact) mass is 447 g/mol. The zero-order valence-electron chi connectivity index (χ0n) is 18.0. The van der Waals surface area contributed by atoms with E-state index in [2.05, 4.69) is 11.9 Å². The second-order valence-corrected chi connectivity index (χ2v) is 9.48. The Morgan fingerprint density at radius 3 is 2.31 bits per heavy atom. The summed E-state index contributed by atoms with van der Waals surface area (Å²) in [5, 5.41) is 0.539. The number of imide groups is 1. The maximum absolute atomic E-state index is 13.6. The van der Waals surface area contributed by atoms with Crippen molar-refractivity contribution in [2.45, 2.75) is 39.0 Å². The Hall–Kier alpha value is -3.06. The van der Waals surface area contributed by atoms with Crippen molar-refractivity contribution < 1.29 is 14.4 Å². The molecule has 2 heterocycles. The highest BCUT2D eigenvalue weighted by Crippen LogP contribution is 2.39. The minimum atomic E-state index is -0.325. The first kappa shape index (κ1) is 20.8. The summed E-state index contributed by atoms with van der Waals surface area (Å²) in [5.74, 6) is -1.24. The van der Waals surface area contributed by atoms with E-state index < -0.39 is 0 Å². The molecule has 6 nitrogen and oxygen atoms in total. The summed E-state index contributed by atoms with van der Waals surface area (Å²) in [6.07, 6.45) is 4.29. The maximum atomic E-state index is 13.6. The molecule has 1 aromatic heterocycles. The summed E-state index contributed by atoms with van der Waals surface area (Å²) in [4.78, 5) is 46.8. The number of hydrogen-bond acceptors (Lipinski definition) is 5. The topological polar surface area (TPSA) is 70.6 Å². The first-order chi connectivity index (χ1) is 15.6. The van der Waals surface area contributed by atoms with Crippen LogP contribution in [0.1, 0.15) is 38.2 Å². The molecule has 3 aromatic rings. The van der Waals surface area contributed by atoms with E-state index in [4.69, 9.17) is 0 Å². The SMILES string of the molecule is CCc1ccc(N(C(=O)CN2C(=O)C3CCCCC3C2=O)c2nc3ccccc3s2)cc1. The third kappa shape index (κ3) is 3.60. The number of carbonyl (C=O) groups excluding carboxylic acids is 3. The highest BCUT2D eigenvalue weighted by Gasteiger charge is 2.49. The van der Waals surface area contributed by atoms with Crippen molar-refractivity contribution in [3.05, 3.63) is 54.1 Å². The molecule has 2 atom stereocenters. The lowest BCUT2D eigenvalue weighted by Gasteiger charge is -2.23. The van der Waals surface area contributed by atoms with E-state index in [0.717, 1.165) is 42.3 Å². The quantitative estimate of drug-likeness (QED) is 0.532. The van der Waals surface area contributed by atoms with Gasteiger partial charge in [0.05, 0.1) is 27.7 Å². The molecule has 2 unspecified atom stereocenters. The van der Waals surface area contributed by atoms with Crippen molar-refractivity contribution >= 4 is 50.1 Å². The molecule has 2 fully saturated rings. The minimum Gasteiger partial charge on any atom is -0.274 e. The van der Waals surface area contributed by atoms with Gasteiger partial charge in [-0.3, -0.25) is 24.2 Å². The van der Waals surface area contributed by atoms with Crippen molar-refractivity contribution in [3.63, 3.8) is 0 Å². The van der Waals surface area contributed by atoms with E-state index in [9.17, 15) is 14.4 Å². The number of carbonyl (C=O) groups is 3. The lowest BCUT2D eigenvalue weighted by Crippen LogP contribution is -2.41. The molecular formula is C25H25N3O3S. The average Bonchev–Trinajstić information content (AvgIpc) is 3.35. The average molecular weight is 448 g/mol. The lowest BCUT2D eigenvalue weighted by atomic mass is 9.81. The van der Waals surface area contributed by atoms with Crippen molar-refractivity contribution in [2.24, 2.45) is 11.8 Å². The molecule has 1 aliphatic heterocycles. The zero-order chi connectivity index (χ0) is 22.2. The van der Waals surface area contributed by atoms with Gasteiger partial charge in [0, 0.05) is 0 Å². The Morgan fingerprint density at radius 2 is 1.69 bits per heavy atom. The number of aromatic nitrogens is 1. The van der Waals surface area contributed by atoms with Gasteiger partial charge in [-0.25, -0.2) is 4.98 Å². The molecule has 0 bridgehead atoms. The zero-order valence-corrected chi connectivity index (χ0v) is 18.8. The summed E-state index contributed by atoms with van der Waals surface area (Å²) in [7, 11) is 0. The number of fused-ring (bicyclic) bond motifs is 2. The second-order valence-electron chi connectivity index (χ2n) is 8.47. The van der Waals surface area contributed by atoms with Crippen LogP contribution >= 0.6 is 11.3 Å². The summed E-state index contributed by atoms with van der Waals surface area (Å²) >= 11 is 1.42. The van der Waals surface area contributed by atoms with Gasteiger partial charge >= 0.3 is 0 Å². The molecule has 2 aliphatic rings. The van der Waals surface area contributed by atoms with E-state index in [0.29, 0.717) is 10.8 Å². The standard InChI is InChI=1S/C25H25N3O3S/c1-2-16-11-13-17(14-12-16)28(25-26-20-9-5-6-10-21(20)32-25)22(29)15-27-23(30)18-7-3-4-8-19(18)24(27)31/h5-6,9-14,18-19H,2-4,7-8,15H2,1H3. The molecule has 32 heavy (non-hydrogen) atoms. The largest absolute Gasteiger partial charge is 0.274 e. The van der Waals surface area contributed by atoms with Gasteiger partial charge in [0.2, 0.25) is 11.8 Å². The predicted octanol–water partition coefficient (Wildman–Crippen LogP) is 4.70. The Labute approximate surface area is 190 Å². The Bertz CT molecular complexity index is 1130. The molecular weight excluding hydrogens is 422 g/mol. The summed E-state index contributed by atoms with van der Waals surface area (Å²) in [6, 6.07) is 15.5. The Kier molecular flexibility index (Phi) is 5.51. The van der Waals surface area contributed by atoms with Gasteiger partial charge in [0.25, 0.3) is 5.91 Å². The van der Waals surface area contributed by atoms with Gasteiger partial charge in [0.1, 0.15) is 6.54 Å². The number of rotatable bonds is 5. The normalized spacial score (nSPS) is 20.6. The lowest BCUT2D eigenvalue weighted by molar-refractivity contribution is -0.143. The smallest absolute Gasteiger partial charge is 0.253 e. The van der Waals surface area contributed by atoms with E-state index in [1.165, 1.54) is 21.8 Å². The van der Waals surface area contributed by atoms with Crippen LogP contribution in [-0.4, -0.2) is 34.2 Å². The number of amides is 3. The number of benzene rings is 2. The first-order valence-electron chi connectivity index (χ1n) is 11.2. The molecule has 7 heteroatoms. The number of likely N-dealkylation sites (tertiary alicyclic amines) is 1. The van der Waals surface area contributed by atoms with Crippen LogP contribution in [0.25, 0.3) is 10.2 Å². The van der Waals surface area contributed by atoms with Gasteiger partial charge in [-0.05, 0) is 49.1 Å². The van der Waals surface area contributed by atoms with Crippen LogP contribution in [0.5, 0.6) is 0 Å². The van der Waals surface area contributed by atoms with E-state index in [1.54, 1.807) is 4.90 Å².